The van der Waals surface area contributed by atoms with Gasteiger partial charge < -0.3 is 4.90 Å². The van der Waals surface area contributed by atoms with Crippen molar-refractivity contribution in [1.29, 1.82) is 5.41 Å². The van der Waals surface area contributed by atoms with E-state index in [-0.39, 0.29) is 0 Å². The van der Waals surface area contributed by atoms with E-state index in [0.29, 0.717) is 5.84 Å². The Bertz CT molecular complexity index is 314. The Balaban J connectivity index is 2.94. The number of nitrogens with one attached hydrogen (secondary N) is 1. The molecule has 1 rings (SSSR count). The maximum atomic E-state index is 8.05. The first kappa shape index (κ1) is 10.8. The predicted molar refractivity (Wildman–Crippen MR) is 60.9 cm³/mol. The van der Waals surface area contributed by atoms with E-state index in [1.54, 1.807) is 0 Å². The van der Waals surface area contributed by atoms with Gasteiger partial charge in [-0.25, -0.2) is 0 Å². The third kappa shape index (κ3) is 2.13. The number of amidine groups is 1. The first-order chi connectivity index (χ1) is 6.70. The van der Waals surface area contributed by atoms with Crippen LogP contribution in [0.5, 0.6) is 0 Å². The summed E-state index contributed by atoms with van der Waals surface area (Å²) in [7, 11) is 0. The second kappa shape index (κ2) is 4.80. The fourth-order valence-corrected chi connectivity index (χ4v) is 1.55. The summed E-state index contributed by atoms with van der Waals surface area (Å²) in [4.78, 5) is 2.06. The topological polar surface area (TPSA) is 27.1 Å². The minimum absolute atomic E-state index is 0.633. The Kier molecular flexibility index (Phi) is 3.69. The van der Waals surface area contributed by atoms with Gasteiger partial charge in [-0.05, 0) is 26.3 Å². The van der Waals surface area contributed by atoms with Crippen molar-refractivity contribution in [3.8, 4) is 0 Å². The molecule has 14 heavy (non-hydrogen) atoms. The number of hydrogen-bond donors (Lipinski definition) is 1. The Morgan fingerprint density at radius 3 is 2.29 bits per heavy atom. The highest BCUT2D eigenvalue weighted by Gasteiger charge is 2.09. The molecule has 0 fully saturated rings. The molecule has 0 aliphatic rings. The summed E-state index contributed by atoms with van der Waals surface area (Å²) in [6.07, 6.45) is 0. The number of rotatable bonds is 3. The van der Waals surface area contributed by atoms with Crippen LogP contribution in [0.15, 0.2) is 24.3 Å². The van der Waals surface area contributed by atoms with Crippen LogP contribution in [0.4, 0.5) is 0 Å². The molecule has 0 aliphatic heterocycles. The molecule has 0 aromatic heterocycles. The molecule has 0 radical (unpaired) electrons. The summed E-state index contributed by atoms with van der Waals surface area (Å²) in [5, 5.41) is 8.05. The van der Waals surface area contributed by atoms with Crippen LogP contribution >= 0.6 is 0 Å². The third-order valence-electron chi connectivity index (χ3n) is 2.48. The third-order valence-corrected chi connectivity index (χ3v) is 2.48. The van der Waals surface area contributed by atoms with Crippen LogP contribution in [0.25, 0.3) is 0 Å². The molecule has 0 heterocycles. The van der Waals surface area contributed by atoms with Gasteiger partial charge in [-0.1, -0.05) is 24.3 Å². The van der Waals surface area contributed by atoms with Gasteiger partial charge >= 0.3 is 0 Å². The molecule has 76 valence electrons. The lowest BCUT2D eigenvalue weighted by Crippen LogP contribution is -2.30. The van der Waals surface area contributed by atoms with E-state index in [4.69, 9.17) is 5.41 Å². The normalized spacial score (nSPS) is 9.93. The van der Waals surface area contributed by atoms with Crippen LogP contribution < -0.4 is 0 Å². The molecule has 0 saturated heterocycles. The highest BCUT2D eigenvalue weighted by atomic mass is 15.2. The quantitative estimate of drug-likeness (QED) is 0.576. The molecule has 2 nitrogen and oxygen atoms in total. The molecular formula is C12H18N2. The van der Waals surface area contributed by atoms with Crippen molar-refractivity contribution in [2.45, 2.75) is 20.8 Å². The van der Waals surface area contributed by atoms with Crippen molar-refractivity contribution in [3.05, 3.63) is 35.4 Å². The van der Waals surface area contributed by atoms with Gasteiger partial charge in [0.15, 0.2) is 0 Å². The SMILES string of the molecule is CCN(CC)C(=N)c1ccccc1C. The van der Waals surface area contributed by atoms with Gasteiger partial charge in [0, 0.05) is 18.7 Å². The van der Waals surface area contributed by atoms with Crippen LogP contribution in [0.3, 0.4) is 0 Å². The standard InChI is InChI=1S/C12H18N2/c1-4-14(5-2)12(13)11-9-7-6-8-10(11)3/h6-9,13H,4-5H2,1-3H3. The molecule has 0 atom stereocenters. The van der Waals surface area contributed by atoms with Gasteiger partial charge in [-0.15, -0.1) is 0 Å². The Labute approximate surface area is 86.1 Å². The van der Waals surface area contributed by atoms with E-state index in [1.165, 1.54) is 5.56 Å². The molecule has 0 spiro atoms. The summed E-state index contributed by atoms with van der Waals surface area (Å²) in [6.45, 7) is 7.99. The smallest absolute Gasteiger partial charge is 0.128 e. The molecule has 0 saturated carbocycles. The Morgan fingerprint density at radius 1 is 1.21 bits per heavy atom. The Hall–Kier alpha value is -1.31. The van der Waals surface area contributed by atoms with Crippen LogP contribution in [-0.2, 0) is 0 Å². The highest BCUT2D eigenvalue weighted by Crippen LogP contribution is 2.10. The second-order valence-corrected chi connectivity index (χ2v) is 3.34. The number of benzene rings is 1. The second-order valence-electron chi connectivity index (χ2n) is 3.34. The van der Waals surface area contributed by atoms with Crippen LogP contribution in [0, 0.1) is 12.3 Å². The molecule has 0 aliphatic carbocycles. The van der Waals surface area contributed by atoms with Gasteiger partial charge in [0.05, 0.1) is 0 Å². The Morgan fingerprint density at radius 2 is 1.79 bits per heavy atom. The van der Waals surface area contributed by atoms with Crippen molar-refractivity contribution >= 4 is 5.84 Å². The minimum Gasteiger partial charge on any atom is -0.357 e. The number of aryl methyl sites for hydroxylation is 1. The van der Waals surface area contributed by atoms with E-state index in [1.807, 2.05) is 31.2 Å². The van der Waals surface area contributed by atoms with E-state index in [2.05, 4.69) is 18.7 Å². The fraction of sp³-hybridized carbons (Fsp3) is 0.417. The average molecular weight is 190 g/mol. The van der Waals surface area contributed by atoms with E-state index < -0.39 is 0 Å². The molecule has 0 unspecified atom stereocenters. The van der Waals surface area contributed by atoms with E-state index in [0.717, 1.165) is 18.7 Å². The molecule has 1 aromatic carbocycles. The van der Waals surface area contributed by atoms with Crippen molar-refractivity contribution in [2.75, 3.05) is 13.1 Å². The molecule has 0 bridgehead atoms. The largest absolute Gasteiger partial charge is 0.357 e. The number of hydrogen-bond acceptors (Lipinski definition) is 1. The van der Waals surface area contributed by atoms with Crippen LogP contribution in [0.2, 0.25) is 0 Å². The average Bonchev–Trinajstić information content (AvgIpc) is 2.20. The lowest BCUT2D eigenvalue weighted by atomic mass is 10.1. The van der Waals surface area contributed by atoms with Gasteiger partial charge in [-0.3, -0.25) is 5.41 Å². The number of nitrogens with zero attached hydrogens (tertiary/aromatic N) is 1. The van der Waals surface area contributed by atoms with Gasteiger partial charge in [0.25, 0.3) is 0 Å². The summed E-state index contributed by atoms with van der Waals surface area (Å²) in [5.41, 5.74) is 2.21. The summed E-state index contributed by atoms with van der Waals surface area (Å²) >= 11 is 0. The summed E-state index contributed by atoms with van der Waals surface area (Å²) in [6, 6.07) is 8.05. The van der Waals surface area contributed by atoms with E-state index in [9.17, 15) is 0 Å². The van der Waals surface area contributed by atoms with Gasteiger partial charge in [0.1, 0.15) is 5.84 Å². The monoisotopic (exact) mass is 190 g/mol. The highest BCUT2D eigenvalue weighted by molar-refractivity contribution is 5.97. The van der Waals surface area contributed by atoms with Crippen molar-refractivity contribution in [2.24, 2.45) is 0 Å². The molecule has 1 aromatic rings. The predicted octanol–water partition coefficient (Wildman–Crippen LogP) is 2.66. The minimum atomic E-state index is 0.633. The van der Waals surface area contributed by atoms with Crippen LogP contribution in [0.1, 0.15) is 25.0 Å². The maximum absolute atomic E-state index is 8.05. The van der Waals surface area contributed by atoms with Crippen LogP contribution in [-0.4, -0.2) is 23.8 Å². The van der Waals surface area contributed by atoms with E-state index >= 15 is 0 Å². The van der Waals surface area contributed by atoms with Crippen molar-refractivity contribution < 1.29 is 0 Å². The molecular weight excluding hydrogens is 172 g/mol. The van der Waals surface area contributed by atoms with Gasteiger partial charge in [0.2, 0.25) is 0 Å². The lowest BCUT2D eigenvalue weighted by molar-refractivity contribution is 0.463. The zero-order chi connectivity index (χ0) is 10.6. The lowest BCUT2D eigenvalue weighted by Gasteiger charge is -2.22. The maximum Gasteiger partial charge on any atom is 0.128 e. The zero-order valence-electron chi connectivity index (χ0n) is 9.17. The summed E-state index contributed by atoms with van der Waals surface area (Å²) < 4.78 is 0. The first-order valence-corrected chi connectivity index (χ1v) is 5.10. The first-order valence-electron chi connectivity index (χ1n) is 5.10. The van der Waals surface area contributed by atoms with Crippen molar-refractivity contribution in [1.82, 2.24) is 4.90 Å². The summed E-state index contributed by atoms with van der Waals surface area (Å²) in [5.74, 6) is 0.633. The van der Waals surface area contributed by atoms with Crippen molar-refractivity contribution in [3.63, 3.8) is 0 Å². The molecule has 2 heteroatoms. The molecule has 1 N–H and O–H groups in total. The zero-order valence-corrected chi connectivity index (χ0v) is 9.17. The fourth-order valence-electron chi connectivity index (χ4n) is 1.55. The van der Waals surface area contributed by atoms with Gasteiger partial charge in [-0.2, -0.15) is 0 Å². The molecule has 0 amide bonds.